The number of aliphatic imine (C=N–C) groups is 2. The second-order valence-corrected chi connectivity index (χ2v) is 11.2. The third kappa shape index (κ3) is 4.11. The van der Waals surface area contributed by atoms with E-state index in [9.17, 15) is 0 Å². The van der Waals surface area contributed by atoms with E-state index in [0.29, 0.717) is 18.0 Å². The summed E-state index contributed by atoms with van der Waals surface area (Å²) in [5.41, 5.74) is 7.02. The van der Waals surface area contributed by atoms with Crippen LogP contribution in [0.3, 0.4) is 0 Å². The Balaban J connectivity index is 1.23. The molecule has 206 valence electrons. The van der Waals surface area contributed by atoms with E-state index < -0.39 is 0 Å². The Bertz CT molecular complexity index is 2500. The van der Waals surface area contributed by atoms with E-state index >= 15 is 0 Å². The molecule has 0 bridgehead atoms. The van der Waals surface area contributed by atoms with E-state index in [2.05, 4.69) is 107 Å². The van der Waals surface area contributed by atoms with Gasteiger partial charge in [-0.05, 0) is 46.7 Å². The van der Waals surface area contributed by atoms with E-state index in [1.54, 1.807) is 0 Å². The van der Waals surface area contributed by atoms with Crippen molar-refractivity contribution in [3.63, 3.8) is 0 Å². The number of fused-ring (bicyclic) bond motifs is 7. The summed E-state index contributed by atoms with van der Waals surface area (Å²) in [6.45, 7) is 0. The summed E-state index contributed by atoms with van der Waals surface area (Å²) in [4.78, 5) is 29.9. The monoisotopic (exact) mass is 564 g/mol. The van der Waals surface area contributed by atoms with Crippen LogP contribution in [0.5, 0.6) is 0 Å². The predicted molar refractivity (Wildman–Crippen MR) is 178 cm³/mol. The fraction of sp³-hybridized carbons (Fsp3) is 0.0526. The largest absolute Gasteiger partial charge is 0.256 e. The SMILES string of the molecule is c1ccc2cc(C3CC(c4ccc5ccc6cccnc6c5n4)=NC(c4ccc5ccc6cccnc6c5n4)=N3)ccc2c1. The Kier molecular flexibility index (Phi) is 5.53. The van der Waals surface area contributed by atoms with Crippen LogP contribution >= 0.6 is 0 Å². The average molecular weight is 565 g/mol. The summed E-state index contributed by atoms with van der Waals surface area (Å²) < 4.78 is 0. The molecule has 0 saturated carbocycles. The molecule has 0 saturated heterocycles. The lowest BCUT2D eigenvalue weighted by Gasteiger charge is -2.21. The van der Waals surface area contributed by atoms with E-state index in [0.717, 1.165) is 60.6 Å². The molecule has 0 N–H and O–H groups in total. The van der Waals surface area contributed by atoms with Crippen LogP contribution in [-0.2, 0) is 0 Å². The Morgan fingerprint density at radius 1 is 0.477 bits per heavy atom. The van der Waals surface area contributed by atoms with Crippen LogP contribution in [0.4, 0.5) is 0 Å². The first-order valence-corrected chi connectivity index (χ1v) is 14.7. The molecule has 1 unspecified atom stereocenters. The van der Waals surface area contributed by atoms with Crippen molar-refractivity contribution in [3.05, 3.63) is 145 Å². The van der Waals surface area contributed by atoms with Crippen LogP contribution in [0.2, 0.25) is 0 Å². The summed E-state index contributed by atoms with van der Waals surface area (Å²) >= 11 is 0. The summed E-state index contributed by atoms with van der Waals surface area (Å²) in [5, 5.41) is 6.58. The van der Waals surface area contributed by atoms with Gasteiger partial charge in [0.2, 0.25) is 0 Å². The summed E-state index contributed by atoms with van der Waals surface area (Å²) in [5.74, 6) is 0.595. The van der Waals surface area contributed by atoms with Crippen LogP contribution in [-0.4, -0.2) is 31.5 Å². The third-order valence-corrected chi connectivity index (χ3v) is 8.45. The molecule has 6 heteroatoms. The molecule has 0 aliphatic carbocycles. The maximum absolute atomic E-state index is 5.21. The highest BCUT2D eigenvalue weighted by atomic mass is 15.0. The Hall–Kier alpha value is -5.88. The van der Waals surface area contributed by atoms with Gasteiger partial charge in [-0.1, -0.05) is 84.9 Å². The van der Waals surface area contributed by atoms with Gasteiger partial charge in [-0.2, -0.15) is 0 Å². The molecule has 9 rings (SSSR count). The molecule has 44 heavy (non-hydrogen) atoms. The van der Waals surface area contributed by atoms with Crippen molar-refractivity contribution in [3.8, 4) is 0 Å². The van der Waals surface area contributed by atoms with Crippen molar-refractivity contribution in [2.75, 3.05) is 0 Å². The smallest absolute Gasteiger partial charge is 0.174 e. The topological polar surface area (TPSA) is 76.3 Å². The van der Waals surface area contributed by atoms with E-state index in [4.69, 9.17) is 20.0 Å². The lowest BCUT2D eigenvalue weighted by molar-refractivity contribution is 0.753. The molecular weight excluding hydrogens is 540 g/mol. The number of hydrogen-bond acceptors (Lipinski definition) is 6. The first kappa shape index (κ1) is 24.7. The van der Waals surface area contributed by atoms with Crippen LogP contribution < -0.4 is 0 Å². The van der Waals surface area contributed by atoms with Crippen LogP contribution in [0.1, 0.15) is 29.4 Å². The first-order chi connectivity index (χ1) is 21.8. The standard InChI is InChI=1S/C38H24N6/c1-2-6-28-21-29(14-9-23(28)5-1)32-22-33(30-17-15-26-12-10-24-7-3-19-39-34(24)36(26)41-30)44-38(43-32)31-18-16-27-13-11-25-8-4-20-40-35(25)37(27)42-31/h1-21,32H,22H2. The van der Waals surface area contributed by atoms with Crippen LogP contribution in [0.25, 0.3) is 54.4 Å². The molecule has 0 radical (unpaired) electrons. The number of rotatable bonds is 3. The van der Waals surface area contributed by atoms with Gasteiger partial charge < -0.3 is 0 Å². The molecule has 1 aliphatic rings. The van der Waals surface area contributed by atoms with Crippen molar-refractivity contribution in [2.45, 2.75) is 12.5 Å². The van der Waals surface area contributed by atoms with Gasteiger partial charge in [0.15, 0.2) is 5.84 Å². The quantitative estimate of drug-likeness (QED) is 0.202. The molecule has 1 aliphatic heterocycles. The third-order valence-electron chi connectivity index (χ3n) is 8.45. The fourth-order valence-electron chi connectivity index (χ4n) is 6.20. The zero-order valence-corrected chi connectivity index (χ0v) is 23.6. The second kappa shape index (κ2) is 9.85. The molecule has 6 nitrogen and oxygen atoms in total. The number of benzene rings is 4. The van der Waals surface area contributed by atoms with Gasteiger partial charge in [0.25, 0.3) is 0 Å². The van der Waals surface area contributed by atoms with Gasteiger partial charge in [0.05, 0.1) is 39.5 Å². The first-order valence-electron chi connectivity index (χ1n) is 14.7. The lowest BCUT2D eigenvalue weighted by Crippen LogP contribution is -2.19. The van der Waals surface area contributed by atoms with Crippen molar-refractivity contribution in [2.24, 2.45) is 9.98 Å². The molecule has 8 aromatic rings. The highest BCUT2D eigenvalue weighted by Crippen LogP contribution is 2.32. The second-order valence-electron chi connectivity index (χ2n) is 11.2. The summed E-state index contributed by atoms with van der Waals surface area (Å²) in [7, 11) is 0. The van der Waals surface area contributed by atoms with E-state index in [-0.39, 0.29) is 6.04 Å². The molecule has 5 heterocycles. The molecule has 0 fully saturated rings. The zero-order valence-electron chi connectivity index (χ0n) is 23.6. The normalized spacial score (nSPS) is 15.2. The van der Waals surface area contributed by atoms with Gasteiger partial charge in [-0.25, -0.2) is 15.0 Å². The minimum atomic E-state index is -0.145. The number of aromatic nitrogens is 4. The molecule has 4 aromatic heterocycles. The van der Waals surface area contributed by atoms with Gasteiger partial charge >= 0.3 is 0 Å². The zero-order chi connectivity index (χ0) is 29.0. The number of hydrogen-bond donors (Lipinski definition) is 0. The van der Waals surface area contributed by atoms with Crippen molar-refractivity contribution >= 4 is 65.9 Å². The molecule has 0 amide bonds. The Morgan fingerprint density at radius 3 is 1.73 bits per heavy atom. The van der Waals surface area contributed by atoms with Crippen LogP contribution in [0.15, 0.2) is 138 Å². The molecular formula is C38H24N6. The van der Waals surface area contributed by atoms with Gasteiger partial charge in [0.1, 0.15) is 5.69 Å². The van der Waals surface area contributed by atoms with Gasteiger partial charge in [-0.3, -0.25) is 15.0 Å². The molecule has 0 spiro atoms. The minimum absolute atomic E-state index is 0.145. The average Bonchev–Trinajstić information content (AvgIpc) is 3.10. The summed E-state index contributed by atoms with van der Waals surface area (Å²) in [6.07, 6.45) is 4.25. The Morgan fingerprint density at radius 2 is 1.02 bits per heavy atom. The Labute approximate surface area is 252 Å². The maximum Gasteiger partial charge on any atom is 0.174 e. The highest BCUT2D eigenvalue weighted by Gasteiger charge is 2.24. The maximum atomic E-state index is 5.21. The fourth-order valence-corrected chi connectivity index (χ4v) is 6.20. The lowest BCUT2D eigenvalue weighted by atomic mass is 9.95. The predicted octanol–water partition coefficient (Wildman–Crippen LogP) is 8.41. The molecule has 4 aromatic carbocycles. The van der Waals surface area contributed by atoms with Crippen molar-refractivity contribution in [1.82, 2.24) is 19.9 Å². The number of nitrogens with zero attached hydrogens (tertiary/aromatic N) is 6. The number of pyridine rings is 4. The van der Waals surface area contributed by atoms with E-state index in [1.807, 2.05) is 30.6 Å². The number of amidine groups is 1. The van der Waals surface area contributed by atoms with Gasteiger partial charge in [0, 0.05) is 40.4 Å². The van der Waals surface area contributed by atoms with Crippen molar-refractivity contribution < 1.29 is 0 Å². The minimum Gasteiger partial charge on any atom is -0.256 e. The summed E-state index contributed by atoms with van der Waals surface area (Å²) in [6, 6.07) is 39.5. The highest BCUT2D eigenvalue weighted by molar-refractivity contribution is 6.15. The molecule has 1 atom stereocenters. The van der Waals surface area contributed by atoms with Crippen LogP contribution in [0, 0.1) is 0 Å². The van der Waals surface area contributed by atoms with Crippen molar-refractivity contribution in [1.29, 1.82) is 0 Å². The van der Waals surface area contributed by atoms with E-state index in [1.165, 1.54) is 10.8 Å². The van der Waals surface area contributed by atoms with Gasteiger partial charge in [-0.15, -0.1) is 0 Å².